The van der Waals surface area contributed by atoms with Gasteiger partial charge < -0.3 is 0 Å². The summed E-state index contributed by atoms with van der Waals surface area (Å²) in [6.45, 7) is 3.75. The van der Waals surface area contributed by atoms with Crippen molar-refractivity contribution in [1.29, 1.82) is 0 Å². The fourth-order valence-corrected chi connectivity index (χ4v) is 2.35. The number of carbonyl (C=O) groups is 1. The van der Waals surface area contributed by atoms with E-state index in [-0.39, 0.29) is 5.24 Å². The van der Waals surface area contributed by atoms with Gasteiger partial charge in [0.25, 0.3) is 0 Å². The second kappa shape index (κ2) is 5.43. The number of carbonyl (C=O) groups excluding carboxylic acids is 1. The van der Waals surface area contributed by atoms with Gasteiger partial charge in [0.1, 0.15) is 0 Å². The Kier molecular flexibility index (Phi) is 4.51. The van der Waals surface area contributed by atoms with E-state index in [1.807, 2.05) is 6.08 Å². The Morgan fingerprint density at radius 1 is 1.31 bits per heavy atom. The lowest BCUT2D eigenvalue weighted by Gasteiger charge is -2.26. The molecule has 1 nitrogen and oxygen atoms in total. The summed E-state index contributed by atoms with van der Waals surface area (Å²) in [5.74, 6) is 1.35. The van der Waals surface area contributed by atoms with Crippen molar-refractivity contribution in [3.63, 3.8) is 0 Å². The van der Waals surface area contributed by atoms with Crippen LogP contribution in [0.4, 0.5) is 0 Å². The summed E-state index contributed by atoms with van der Waals surface area (Å²) < 4.78 is 0. The van der Waals surface area contributed by atoms with Crippen LogP contribution in [0.3, 0.4) is 0 Å². The van der Waals surface area contributed by atoms with Crippen LogP contribution < -0.4 is 0 Å². The van der Waals surface area contributed by atoms with Crippen LogP contribution in [0.2, 0.25) is 0 Å². The van der Waals surface area contributed by atoms with Crippen LogP contribution in [0.5, 0.6) is 0 Å². The highest BCUT2D eigenvalue weighted by molar-refractivity contribution is 6.63. The van der Waals surface area contributed by atoms with E-state index in [1.165, 1.54) is 12.8 Å². The Bertz CT molecular complexity index is 181. The van der Waals surface area contributed by atoms with Crippen molar-refractivity contribution in [2.45, 2.75) is 38.5 Å². The zero-order valence-corrected chi connectivity index (χ0v) is 8.72. The SMILES string of the molecule is C=CCC1CCC(CC(=O)Cl)CC1. The first-order valence-electron chi connectivity index (χ1n) is 5.01. The second-order valence-corrected chi connectivity index (χ2v) is 4.39. The molecule has 1 fully saturated rings. The normalized spacial score (nSPS) is 28.4. The third-order valence-corrected chi connectivity index (χ3v) is 3.07. The first-order chi connectivity index (χ1) is 6.22. The Hall–Kier alpha value is -0.300. The molecule has 0 saturated heterocycles. The van der Waals surface area contributed by atoms with Crippen molar-refractivity contribution in [1.82, 2.24) is 0 Å². The first-order valence-corrected chi connectivity index (χ1v) is 5.39. The minimum atomic E-state index is -0.174. The standard InChI is InChI=1S/C11H17ClO/c1-2-3-9-4-6-10(7-5-9)8-11(12)13/h2,9-10H,1,3-8H2. The number of hydrogen-bond donors (Lipinski definition) is 0. The van der Waals surface area contributed by atoms with Crippen molar-refractivity contribution in [2.24, 2.45) is 11.8 Å². The van der Waals surface area contributed by atoms with Gasteiger partial charge in [0, 0.05) is 6.42 Å². The third kappa shape index (κ3) is 3.95. The molecule has 0 aromatic carbocycles. The maximum atomic E-state index is 10.7. The quantitative estimate of drug-likeness (QED) is 0.501. The second-order valence-electron chi connectivity index (χ2n) is 3.97. The van der Waals surface area contributed by atoms with Crippen LogP contribution in [0.1, 0.15) is 38.5 Å². The van der Waals surface area contributed by atoms with Gasteiger partial charge in [-0.3, -0.25) is 4.79 Å². The molecule has 0 aromatic rings. The molecular formula is C11H17ClO. The number of hydrogen-bond acceptors (Lipinski definition) is 1. The summed E-state index contributed by atoms with van der Waals surface area (Å²) >= 11 is 5.35. The van der Waals surface area contributed by atoms with Crippen molar-refractivity contribution in [2.75, 3.05) is 0 Å². The molecule has 74 valence electrons. The van der Waals surface area contributed by atoms with Gasteiger partial charge in [0.15, 0.2) is 0 Å². The van der Waals surface area contributed by atoms with Gasteiger partial charge in [0.2, 0.25) is 5.24 Å². The average molecular weight is 201 g/mol. The van der Waals surface area contributed by atoms with E-state index in [9.17, 15) is 4.79 Å². The summed E-state index contributed by atoms with van der Waals surface area (Å²) in [5.41, 5.74) is 0. The summed E-state index contributed by atoms with van der Waals surface area (Å²) in [5, 5.41) is -0.174. The van der Waals surface area contributed by atoms with Gasteiger partial charge in [-0.25, -0.2) is 0 Å². The molecule has 0 radical (unpaired) electrons. The van der Waals surface area contributed by atoms with Gasteiger partial charge in [-0.05, 0) is 55.5 Å². The molecule has 0 atom stereocenters. The van der Waals surface area contributed by atoms with Gasteiger partial charge in [-0.1, -0.05) is 6.08 Å². The van der Waals surface area contributed by atoms with E-state index in [0.717, 1.165) is 25.2 Å². The molecule has 13 heavy (non-hydrogen) atoms. The van der Waals surface area contributed by atoms with E-state index in [1.54, 1.807) is 0 Å². The molecule has 1 rings (SSSR count). The highest BCUT2D eigenvalue weighted by Crippen LogP contribution is 2.32. The average Bonchev–Trinajstić information content (AvgIpc) is 2.08. The van der Waals surface area contributed by atoms with E-state index in [0.29, 0.717) is 12.3 Å². The van der Waals surface area contributed by atoms with E-state index >= 15 is 0 Å². The van der Waals surface area contributed by atoms with E-state index in [2.05, 4.69) is 6.58 Å². The predicted molar refractivity (Wildman–Crippen MR) is 55.7 cm³/mol. The molecule has 0 N–H and O–H groups in total. The minimum Gasteiger partial charge on any atom is -0.281 e. The minimum absolute atomic E-state index is 0.174. The zero-order valence-electron chi connectivity index (χ0n) is 7.97. The van der Waals surface area contributed by atoms with Gasteiger partial charge >= 0.3 is 0 Å². The van der Waals surface area contributed by atoms with Crippen molar-refractivity contribution in [3.05, 3.63) is 12.7 Å². The lowest BCUT2D eigenvalue weighted by Crippen LogP contribution is -2.15. The summed E-state index contributed by atoms with van der Waals surface area (Å²) in [4.78, 5) is 10.7. The molecule has 1 aliphatic rings. The maximum Gasteiger partial charge on any atom is 0.221 e. The van der Waals surface area contributed by atoms with Crippen LogP contribution in [0.25, 0.3) is 0 Å². The molecule has 0 heterocycles. The Balaban J connectivity index is 2.22. The van der Waals surface area contributed by atoms with Crippen molar-refractivity contribution in [3.8, 4) is 0 Å². The maximum absolute atomic E-state index is 10.7. The zero-order chi connectivity index (χ0) is 9.68. The van der Waals surface area contributed by atoms with Crippen molar-refractivity contribution >= 4 is 16.8 Å². The lowest BCUT2D eigenvalue weighted by atomic mass is 9.79. The van der Waals surface area contributed by atoms with Crippen LogP contribution in [-0.2, 0) is 4.79 Å². The molecule has 1 aliphatic carbocycles. The molecule has 0 amide bonds. The monoisotopic (exact) mass is 200 g/mol. The van der Waals surface area contributed by atoms with E-state index < -0.39 is 0 Å². The molecule has 1 saturated carbocycles. The highest BCUT2D eigenvalue weighted by atomic mass is 35.5. The van der Waals surface area contributed by atoms with Crippen LogP contribution in [-0.4, -0.2) is 5.24 Å². The van der Waals surface area contributed by atoms with Crippen LogP contribution in [0, 0.1) is 11.8 Å². The van der Waals surface area contributed by atoms with E-state index in [4.69, 9.17) is 11.6 Å². The molecular weight excluding hydrogens is 184 g/mol. The number of halogens is 1. The smallest absolute Gasteiger partial charge is 0.221 e. The summed E-state index contributed by atoms with van der Waals surface area (Å²) in [6.07, 6.45) is 8.50. The molecule has 0 aromatic heterocycles. The molecule has 0 spiro atoms. The molecule has 0 unspecified atom stereocenters. The Labute approximate surface area is 85.2 Å². The summed E-state index contributed by atoms with van der Waals surface area (Å²) in [7, 11) is 0. The predicted octanol–water partition coefficient (Wildman–Crippen LogP) is 3.52. The Morgan fingerprint density at radius 2 is 1.85 bits per heavy atom. The number of allylic oxidation sites excluding steroid dienone is 1. The lowest BCUT2D eigenvalue weighted by molar-refractivity contribution is -0.112. The van der Waals surface area contributed by atoms with Gasteiger partial charge in [-0.15, -0.1) is 6.58 Å². The van der Waals surface area contributed by atoms with Crippen LogP contribution in [0.15, 0.2) is 12.7 Å². The topological polar surface area (TPSA) is 17.1 Å². The molecule has 2 heteroatoms. The summed E-state index contributed by atoms with van der Waals surface area (Å²) in [6, 6.07) is 0. The van der Waals surface area contributed by atoms with Gasteiger partial charge in [0.05, 0.1) is 0 Å². The Morgan fingerprint density at radius 3 is 2.31 bits per heavy atom. The van der Waals surface area contributed by atoms with Gasteiger partial charge in [-0.2, -0.15) is 0 Å². The fourth-order valence-electron chi connectivity index (χ4n) is 2.13. The highest BCUT2D eigenvalue weighted by Gasteiger charge is 2.21. The largest absolute Gasteiger partial charge is 0.281 e. The number of rotatable bonds is 4. The van der Waals surface area contributed by atoms with Crippen LogP contribution >= 0.6 is 11.6 Å². The first kappa shape index (κ1) is 10.8. The third-order valence-electron chi connectivity index (χ3n) is 2.92. The molecule has 0 bridgehead atoms. The van der Waals surface area contributed by atoms with Crippen molar-refractivity contribution < 1.29 is 4.79 Å². The fraction of sp³-hybridized carbons (Fsp3) is 0.727. The molecule has 0 aliphatic heterocycles.